The number of ether oxygens (including phenoxy) is 1. The van der Waals surface area contributed by atoms with Crippen molar-refractivity contribution in [2.24, 2.45) is 0 Å². The van der Waals surface area contributed by atoms with Crippen LogP contribution in [0.15, 0.2) is 47.4 Å². The normalized spacial score (nSPS) is 17.5. The molecule has 1 heterocycles. The molecule has 0 atom stereocenters. The van der Waals surface area contributed by atoms with Gasteiger partial charge in [0, 0.05) is 28.0 Å². The number of rotatable bonds is 5. The van der Waals surface area contributed by atoms with Gasteiger partial charge in [0.05, 0.1) is 18.6 Å². The second-order valence-corrected chi connectivity index (χ2v) is 8.44. The van der Waals surface area contributed by atoms with Crippen molar-refractivity contribution in [2.45, 2.75) is 36.0 Å². The zero-order valence-corrected chi connectivity index (χ0v) is 16.7. The predicted molar refractivity (Wildman–Crippen MR) is 111 cm³/mol. The number of carbonyl (C=O) groups excluding carboxylic acids is 2. The first-order chi connectivity index (χ1) is 13.6. The van der Waals surface area contributed by atoms with Gasteiger partial charge in [0.2, 0.25) is 5.91 Å². The number of carbonyl (C=O) groups is 2. The molecule has 1 aliphatic carbocycles. The van der Waals surface area contributed by atoms with Crippen LogP contribution in [-0.4, -0.2) is 31.2 Å². The van der Waals surface area contributed by atoms with E-state index in [2.05, 4.69) is 16.7 Å². The van der Waals surface area contributed by atoms with Crippen LogP contribution >= 0.6 is 11.8 Å². The Morgan fingerprint density at radius 1 is 1.21 bits per heavy atom. The fourth-order valence-electron chi connectivity index (χ4n) is 4.25. The number of anilines is 1. The Labute approximate surface area is 169 Å². The van der Waals surface area contributed by atoms with Gasteiger partial charge in [-0.2, -0.15) is 0 Å². The summed E-state index contributed by atoms with van der Waals surface area (Å²) >= 11 is 1.49. The molecule has 1 aliphatic heterocycles. The summed E-state index contributed by atoms with van der Waals surface area (Å²) in [5, 5.41) is 5.98. The van der Waals surface area contributed by atoms with Crippen molar-refractivity contribution in [3.8, 4) is 5.75 Å². The van der Waals surface area contributed by atoms with Gasteiger partial charge in [0.15, 0.2) is 0 Å². The number of hydrogen-bond donors (Lipinski definition) is 2. The third kappa shape index (κ3) is 3.61. The molecule has 0 aromatic heterocycles. The van der Waals surface area contributed by atoms with Gasteiger partial charge in [-0.05, 0) is 37.1 Å². The van der Waals surface area contributed by atoms with Crippen molar-refractivity contribution in [3.05, 3.63) is 53.6 Å². The number of hydrogen-bond acceptors (Lipinski definition) is 4. The minimum atomic E-state index is -0.117. The van der Waals surface area contributed by atoms with Gasteiger partial charge >= 0.3 is 0 Å². The SMILES string of the molecule is COc1ccccc1C1(CNC(=O)c2ccc3c(c2)NC(=O)CS3)CCCC1. The summed E-state index contributed by atoms with van der Waals surface area (Å²) < 4.78 is 5.59. The lowest BCUT2D eigenvalue weighted by atomic mass is 9.78. The molecule has 0 saturated heterocycles. The minimum absolute atomic E-state index is 0.0314. The maximum Gasteiger partial charge on any atom is 0.251 e. The highest BCUT2D eigenvalue weighted by atomic mass is 32.2. The Bertz CT molecular complexity index is 906. The highest BCUT2D eigenvalue weighted by molar-refractivity contribution is 8.00. The molecule has 0 bridgehead atoms. The van der Waals surface area contributed by atoms with Crippen molar-refractivity contribution in [3.63, 3.8) is 0 Å². The monoisotopic (exact) mass is 396 g/mol. The second-order valence-electron chi connectivity index (χ2n) is 7.42. The molecule has 1 fully saturated rings. The van der Waals surface area contributed by atoms with E-state index in [4.69, 9.17) is 4.74 Å². The lowest BCUT2D eigenvalue weighted by Crippen LogP contribution is -2.39. The average Bonchev–Trinajstić information content (AvgIpc) is 3.21. The Morgan fingerprint density at radius 2 is 2.00 bits per heavy atom. The third-order valence-electron chi connectivity index (χ3n) is 5.70. The highest BCUT2D eigenvalue weighted by Gasteiger charge is 2.38. The first-order valence-corrected chi connectivity index (χ1v) is 10.6. The maximum absolute atomic E-state index is 12.8. The van der Waals surface area contributed by atoms with Crippen LogP contribution in [0.5, 0.6) is 5.75 Å². The van der Waals surface area contributed by atoms with Gasteiger partial charge in [-0.3, -0.25) is 9.59 Å². The summed E-state index contributed by atoms with van der Waals surface area (Å²) in [5.41, 5.74) is 2.36. The van der Waals surface area contributed by atoms with Crippen LogP contribution < -0.4 is 15.4 Å². The van der Waals surface area contributed by atoms with E-state index in [1.807, 2.05) is 30.3 Å². The smallest absolute Gasteiger partial charge is 0.251 e. The van der Waals surface area contributed by atoms with Crippen molar-refractivity contribution in [2.75, 3.05) is 24.7 Å². The molecule has 0 unspecified atom stereocenters. The number of para-hydroxylation sites is 1. The summed E-state index contributed by atoms with van der Waals surface area (Å²) in [7, 11) is 1.69. The zero-order chi connectivity index (χ0) is 19.6. The summed E-state index contributed by atoms with van der Waals surface area (Å²) in [5.74, 6) is 1.15. The van der Waals surface area contributed by atoms with E-state index in [1.54, 1.807) is 13.2 Å². The molecule has 2 N–H and O–H groups in total. The van der Waals surface area contributed by atoms with Crippen molar-refractivity contribution in [1.29, 1.82) is 0 Å². The molecule has 4 rings (SSSR count). The Hall–Kier alpha value is -2.47. The molecule has 0 radical (unpaired) electrons. The first kappa shape index (κ1) is 18.9. The largest absolute Gasteiger partial charge is 0.496 e. The molecule has 2 aromatic carbocycles. The number of amides is 2. The van der Waals surface area contributed by atoms with Crippen LogP contribution in [0, 0.1) is 0 Å². The highest BCUT2D eigenvalue weighted by Crippen LogP contribution is 2.44. The zero-order valence-electron chi connectivity index (χ0n) is 15.9. The molecule has 28 heavy (non-hydrogen) atoms. The van der Waals surface area contributed by atoms with E-state index in [0.717, 1.165) is 36.3 Å². The summed E-state index contributed by atoms with van der Waals surface area (Å²) in [6.07, 6.45) is 4.36. The van der Waals surface area contributed by atoms with E-state index in [9.17, 15) is 9.59 Å². The van der Waals surface area contributed by atoms with Crippen LogP contribution in [0.25, 0.3) is 0 Å². The molecule has 1 saturated carbocycles. The van der Waals surface area contributed by atoms with Gasteiger partial charge in [-0.1, -0.05) is 31.0 Å². The second kappa shape index (κ2) is 7.87. The lowest BCUT2D eigenvalue weighted by Gasteiger charge is -2.31. The van der Waals surface area contributed by atoms with Gasteiger partial charge in [-0.15, -0.1) is 11.8 Å². The number of benzene rings is 2. The summed E-state index contributed by atoms with van der Waals surface area (Å²) in [6.45, 7) is 0.574. The van der Waals surface area contributed by atoms with Crippen molar-refractivity contribution >= 4 is 29.3 Å². The van der Waals surface area contributed by atoms with E-state index in [0.29, 0.717) is 23.5 Å². The van der Waals surface area contributed by atoms with E-state index in [-0.39, 0.29) is 17.2 Å². The maximum atomic E-state index is 12.8. The Morgan fingerprint density at radius 3 is 2.79 bits per heavy atom. The van der Waals surface area contributed by atoms with Crippen LogP contribution in [0.3, 0.4) is 0 Å². The van der Waals surface area contributed by atoms with Gasteiger partial charge < -0.3 is 15.4 Å². The number of fused-ring (bicyclic) bond motifs is 1. The molecule has 5 nitrogen and oxygen atoms in total. The summed E-state index contributed by atoms with van der Waals surface area (Å²) in [6, 6.07) is 13.6. The van der Waals surface area contributed by atoms with Crippen LogP contribution in [0.4, 0.5) is 5.69 Å². The van der Waals surface area contributed by atoms with E-state index >= 15 is 0 Å². The van der Waals surface area contributed by atoms with Gasteiger partial charge in [-0.25, -0.2) is 0 Å². The van der Waals surface area contributed by atoms with Crippen molar-refractivity contribution in [1.82, 2.24) is 5.32 Å². The van der Waals surface area contributed by atoms with Crippen molar-refractivity contribution < 1.29 is 14.3 Å². The van der Waals surface area contributed by atoms with Crippen LogP contribution in [0.1, 0.15) is 41.6 Å². The molecule has 2 aliphatic rings. The minimum Gasteiger partial charge on any atom is -0.496 e. The quantitative estimate of drug-likeness (QED) is 0.802. The molecular weight excluding hydrogens is 372 g/mol. The van der Waals surface area contributed by atoms with Gasteiger partial charge in [0.1, 0.15) is 5.75 Å². The fraction of sp³-hybridized carbons (Fsp3) is 0.364. The standard InChI is InChI=1S/C22H24N2O3S/c1-27-18-7-3-2-6-16(18)22(10-4-5-11-22)14-23-21(26)15-8-9-19-17(12-15)24-20(25)13-28-19/h2-3,6-9,12H,4-5,10-11,13-14H2,1H3,(H,23,26)(H,24,25). The topological polar surface area (TPSA) is 67.4 Å². The van der Waals surface area contributed by atoms with E-state index < -0.39 is 0 Å². The van der Waals surface area contributed by atoms with Gasteiger partial charge in [0.25, 0.3) is 5.91 Å². The first-order valence-electron chi connectivity index (χ1n) is 9.60. The third-order valence-corrected chi connectivity index (χ3v) is 6.77. The molecule has 2 aromatic rings. The summed E-state index contributed by atoms with van der Waals surface area (Å²) in [4.78, 5) is 25.5. The number of thioether (sulfide) groups is 1. The molecular formula is C22H24N2O3S. The predicted octanol–water partition coefficient (Wildman–Crippen LogP) is 3.98. The molecule has 0 spiro atoms. The molecule has 2 amide bonds. The average molecular weight is 397 g/mol. The molecule has 6 heteroatoms. The Balaban J connectivity index is 1.53. The fourth-order valence-corrected chi connectivity index (χ4v) is 5.04. The van der Waals surface area contributed by atoms with E-state index in [1.165, 1.54) is 17.3 Å². The Kier molecular flexibility index (Phi) is 5.31. The number of methoxy groups -OCH3 is 1. The van der Waals surface area contributed by atoms with Crippen LogP contribution in [0.2, 0.25) is 0 Å². The lowest BCUT2D eigenvalue weighted by molar-refractivity contribution is -0.113. The molecule has 146 valence electrons. The van der Waals surface area contributed by atoms with Crippen LogP contribution in [-0.2, 0) is 10.2 Å². The number of nitrogens with one attached hydrogen (secondary N) is 2.